The smallest absolute Gasteiger partial charge is 0.264 e. The molecule has 0 bridgehead atoms. The van der Waals surface area contributed by atoms with Crippen LogP contribution in [0, 0.1) is 13.8 Å². The Hall–Kier alpha value is -1.70. The van der Waals surface area contributed by atoms with Gasteiger partial charge in [-0.25, -0.2) is 8.42 Å². The minimum absolute atomic E-state index is 0.0140. The first-order valence-electron chi connectivity index (χ1n) is 8.77. The number of thiophene rings is 1. The van der Waals surface area contributed by atoms with Gasteiger partial charge >= 0.3 is 0 Å². The summed E-state index contributed by atoms with van der Waals surface area (Å²) in [6.07, 6.45) is 0.825. The van der Waals surface area contributed by atoms with Crippen molar-refractivity contribution in [2.45, 2.75) is 32.1 Å². The lowest BCUT2D eigenvalue weighted by molar-refractivity contribution is 0.0702. The van der Waals surface area contributed by atoms with E-state index in [0.29, 0.717) is 31.1 Å². The zero-order chi connectivity index (χ0) is 18.9. The molecular formula is C19H24N2O3S2. The zero-order valence-corrected chi connectivity index (χ0v) is 17.0. The first kappa shape index (κ1) is 19.1. The standard InChI is InChI=1S/C19H24N2O3S2/c1-4-16-7-12-25-18(16)19(22)20-8-10-21(11-9-20)26(23,24)17-6-5-14(2)15(3)13-17/h5-7,12-13H,4,8-11H2,1-3H3. The summed E-state index contributed by atoms with van der Waals surface area (Å²) in [4.78, 5) is 15.6. The SMILES string of the molecule is CCc1ccsc1C(=O)N1CCN(S(=O)(=O)c2ccc(C)c(C)c2)CC1. The van der Waals surface area contributed by atoms with Crippen LogP contribution in [0.2, 0.25) is 0 Å². The van der Waals surface area contributed by atoms with Gasteiger partial charge in [0.2, 0.25) is 10.0 Å². The lowest BCUT2D eigenvalue weighted by Gasteiger charge is -2.34. The van der Waals surface area contributed by atoms with Crippen LogP contribution in [-0.2, 0) is 16.4 Å². The monoisotopic (exact) mass is 392 g/mol. The van der Waals surface area contributed by atoms with Gasteiger partial charge in [-0.05, 0) is 60.5 Å². The fraction of sp³-hybridized carbons (Fsp3) is 0.421. The Balaban J connectivity index is 1.71. The molecule has 7 heteroatoms. The van der Waals surface area contributed by atoms with Gasteiger partial charge in [0.25, 0.3) is 5.91 Å². The van der Waals surface area contributed by atoms with Crippen molar-refractivity contribution in [3.63, 3.8) is 0 Å². The highest BCUT2D eigenvalue weighted by Crippen LogP contribution is 2.23. The average molecular weight is 393 g/mol. The van der Waals surface area contributed by atoms with Crippen LogP contribution in [0.15, 0.2) is 34.5 Å². The van der Waals surface area contributed by atoms with Gasteiger partial charge < -0.3 is 4.90 Å². The normalized spacial score (nSPS) is 16.0. The van der Waals surface area contributed by atoms with Crippen LogP contribution in [0.1, 0.15) is 33.3 Å². The number of piperazine rings is 1. The van der Waals surface area contributed by atoms with Gasteiger partial charge in [0.1, 0.15) is 0 Å². The summed E-state index contributed by atoms with van der Waals surface area (Å²) in [5, 5.41) is 1.94. The molecule has 0 aliphatic carbocycles. The summed E-state index contributed by atoms with van der Waals surface area (Å²) in [6, 6.07) is 7.21. The van der Waals surface area contributed by atoms with Crippen LogP contribution >= 0.6 is 11.3 Å². The van der Waals surface area contributed by atoms with Crippen molar-refractivity contribution in [2.24, 2.45) is 0 Å². The van der Waals surface area contributed by atoms with Crippen molar-refractivity contribution in [2.75, 3.05) is 26.2 Å². The Morgan fingerprint density at radius 2 is 1.77 bits per heavy atom. The van der Waals surface area contributed by atoms with Crippen molar-refractivity contribution in [1.82, 2.24) is 9.21 Å². The highest BCUT2D eigenvalue weighted by molar-refractivity contribution is 7.89. The largest absolute Gasteiger partial charge is 0.335 e. The molecule has 1 aromatic heterocycles. The summed E-state index contributed by atoms with van der Waals surface area (Å²) in [6.45, 7) is 7.41. The summed E-state index contributed by atoms with van der Waals surface area (Å²) in [5.74, 6) is 0.0140. The minimum atomic E-state index is -3.52. The van der Waals surface area contributed by atoms with E-state index in [1.165, 1.54) is 15.6 Å². The van der Waals surface area contributed by atoms with Gasteiger partial charge in [-0.1, -0.05) is 13.0 Å². The van der Waals surface area contributed by atoms with E-state index in [1.54, 1.807) is 17.0 Å². The van der Waals surface area contributed by atoms with Gasteiger partial charge in [0.05, 0.1) is 9.77 Å². The number of hydrogen-bond acceptors (Lipinski definition) is 4. The van der Waals surface area contributed by atoms with E-state index in [0.717, 1.165) is 28.0 Å². The number of sulfonamides is 1. The van der Waals surface area contributed by atoms with E-state index in [1.807, 2.05) is 38.3 Å². The van der Waals surface area contributed by atoms with Crippen LogP contribution in [0.3, 0.4) is 0 Å². The summed E-state index contributed by atoms with van der Waals surface area (Å²) < 4.78 is 27.2. The Morgan fingerprint density at radius 1 is 1.08 bits per heavy atom. The number of aryl methyl sites for hydroxylation is 3. The molecule has 0 atom stereocenters. The van der Waals surface area contributed by atoms with E-state index in [-0.39, 0.29) is 5.91 Å². The Morgan fingerprint density at radius 3 is 2.38 bits per heavy atom. The van der Waals surface area contributed by atoms with E-state index in [9.17, 15) is 13.2 Å². The molecule has 1 aliphatic rings. The van der Waals surface area contributed by atoms with Gasteiger partial charge in [0, 0.05) is 26.2 Å². The zero-order valence-electron chi connectivity index (χ0n) is 15.4. The third-order valence-electron chi connectivity index (χ3n) is 4.96. The number of rotatable bonds is 4. The fourth-order valence-corrected chi connectivity index (χ4v) is 5.57. The fourth-order valence-electron chi connectivity index (χ4n) is 3.10. The van der Waals surface area contributed by atoms with Crippen molar-refractivity contribution in [3.8, 4) is 0 Å². The maximum atomic E-state index is 12.9. The molecular weight excluding hydrogens is 368 g/mol. The highest BCUT2D eigenvalue weighted by atomic mass is 32.2. The Bertz CT molecular complexity index is 911. The number of hydrogen-bond donors (Lipinski definition) is 0. The lowest BCUT2D eigenvalue weighted by Crippen LogP contribution is -2.50. The summed E-state index contributed by atoms with van der Waals surface area (Å²) >= 11 is 1.46. The molecule has 2 heterocycles. The van der Waals surface area contributed by atoms with E-state index in [2.05, 4.69) is 0 Å². The Labute approximate surface area is 159 Å². The van der Waals surface area contributed by atoms with E-state index >= 15 is 0 Å². The molecule has 2 aromatic rings. The molecule has 1 aromatic carbocycles. The van der Waals surface area contributed by atoms with Crippen LogP contribution in [0.4, 0.5) is 0 Å². The topological polar surface area (TPSA) is 57.7 Å². The number of carbonyl (C=O) groups is 1. The summed E-state index contributed by atoms with van der Waals surface area (Å²) in [5.41, 5.74) is 3.09. The number of nitrogens with zero attached hydrogens (tertiary/aromatic N) is 2. The molecule has 1 amide bonds. The van der Waals surface area contributed by atoms with Crippen LogP contribution < -0.4 is 0 Å². The van der Waals surface area contributed by atoms with E-state index < -0.39 is 10.0 Å². The molecule has 0 radical (unpaired) electrons. The third kappa shape index (κ3) is 3.56. The van der Waals surface area contributed by atoms with Crippen LogP contribution in [-0.4, -0.2) is 49.7 Å². The maximum Gasteiger partial charge on any atom is 0.264 e. The van der Waals surface area contributed by atoms with E-state index in [4.69, 9.17) is 0 Å². The first-order valence-corrected chi connectivity index (χ1v) is 11.1. The van der Waals surface area contributed by atoms with Crippen molar-refractivity contribution < 1.29 is 13.2 Å². The number of amides is 1. The molecule has 3 rings (SSSR count). The van der Waals surface area contributed by atoms with Crippen LogP contribution in [0.25, 0.3) is 0 Å². The second kappa shape index (κ2) is 7.50. The second-order valence-electron chi connectivity index (χ2n) is 6.57. The van der Waals surface area contributed by atoms with Gasteiger partial charge in [0.15, 0.2) is 0 Å². The molecule has 140 valence electrons. The van der Waals surface area contributed by atoms with Gasteiger partial charge in [-0.3, -0.25) is 4.79 Å². The van der Waals surface area contributed by atoms with Crippen LogP contribution in [0.5, 0.6) is 0 Å². The number of carbonyl (C=O) groups excluding carboxylic acids is 1. The molecule has 0 unspecified atom stereocenters. The molecule has 26 heavy (non-hydrogen) atoms. The number of benzene rings is 1. The second-order valence-corrected chi connectivity index (χ2v) is 9.42. The lowest BCUT2D eigenvalue weighted by atomic mass is 10.1. The van der Waals surface area contributed by atoms with Crippen molar-refractivity contribution in [3.05, 3.63) is 51.2 Å². The molecule has 1 fully saturated rings. The maximum absolute atomic E-state index is 12.9. The molecule has 1 aliphatic heterocycles. The Kier molecular flexibility index (Phi) is 5.50. The predicted molar refractivity (Wildman–Crippen MR) is 104 cm³/mol. The highest BCUT2D eigenvalue weighted by Gasteiger charge is 2.31. The molecule has 0 spiro atoms. The molecule has 0 N–H and O–H groups in total. The third-order valence-corrected chi connectivity index (χ3v) is 7.80. The van der Waals surface area contributed by atoms with Gasteiger partial charge in [-0.2, -0.15) is 4.31 Å². The molecule has 0 saturated carbocycles. The molecule has 5 nitrogen and oxygen atoms in total. The van der Waals surface area contributed by atoms with Crippen molar-refractivity contribution in [1.29, 1.82) is 0 Å². The van der Waals surface area contributed by atoms with Crippen molar-refractivity contribution >= 4 is 27.3 Å². The molecule has 1 saturated heterocycles. The first-order chi connectivity index (χ1) is 12.3. The predicted octanol–water partition coefficient (Wildman–Crippen LogP) is 3.07. The summed E-state index contributed by atoms with van der Waals surface area (Å²) in [7, 11) is -3.52. The minimum Gasteiger partial charge on any atom is -0.335 e. The quantitative estimate of drug-likeness (QED) is 0.803. The van der Waals surface area contributed by atoms with Gasteiger partial charge in [-0.15, -0.1) is 11.3 Å². The average Bonchev–Trinajstić information content (AvgIpc) is 3.12.